The minimum absolute atomic E-state index is 0.0604. The Bertz CT molecular complexity index is 546. The fourth-order valence-corrected chi connectivity index (χ4v) is 2.71. The van der Waals surface area contributed by atoms with Crippen LogP contribution in [0.15, 0.2) is 18.2 Å². The Kier molecular flexibility index (Phi) is 4.18. The summed E-state index contributed by atoms with van der Waals surface area (Å²) in [6, 6.07) is 3.91. The number of benzene rings is 1. The molecule has 1 aromatic rings. The second kappa shape index (κ2) is 5.71. The van der Waals surface area contributed by atoms with Crippen molar-refractivity contribution in [1.29, 1.82) is 0 Å². The molecule has 0 aliphatic carbocycles. The van der Waals surface area contributed by atoms with E-state index in [4.69, 9.17) is 16.3 Å². The minimum Gasteiger partial charge on any atom is -0.496 e. The van der Waals surface area contributed by atoms with E-state index < -0.39 is 12.0 Å². The second-order valence-electron chi connectivity index (χ2n) is 4.89. The monoisotopic (exact) mass is 297 g/mol. The van der Waals surface area contributed by atoms with Gasteiger partial charge in [0, 0.05) is 11.6 Å². The van der Waals surface area contributed by atoms with Crippen molar-refractivity contribution >= 4 is 23.5 Å². The van der Waals surface area contributed by atoms with Crippen molar-refractivity contribution in [3.8, 4) is 5.75 Å². The molecule has 5 nitrogen and oxygen atoms in total. The number of likely N-dealkylation sites (tertiary alicyclic amines) is 1. The van der Waals surface area contributed by atoms with Crippen LogP contribution >= 0.6 is 11.6 Å². The first kappa shape index (κ1) is 14.7. The zero-order valence-electron chi connectivity index (χ0n) is 11.3. The van der Waals surface area contributed by atoms with Crippen molar-refractivity contribution in [2.45, 2.75) is 19.4 Å². The summed E-state index contributed by atoms with van der Waals surface area (Å²) < 4.78 is 5.15. The van der Waals surface area contributed by atoms with Crippen molar-refractivity contribution in [3.05, 3.63) is 28.8 Å². The number of hydrogen-bond acceptors (Lipinski definition) is 3. The van der Waals surface area contributed by atoms with Gasteiger partial charge >= 0.3 is 5.97 Å². The van der Waals surface area contributed by atoms with Gasteiger partial charge in [0.05, 0.1) is 12.7 Å². The van der Waals surface area contributed by atoms with Crippen LogP contribution in [0.1, 0.15) is 23.7 Å². The van der Waals surface area contributed by atoms with Gasteiger partial charge in [0.15, 0.2) is 0 Å². The van der Waals surface area contributed by atoms with E-state index in [0.29, 0.717) is 29.3 Å². The quantitative estimate of drug-likeness (QED) is 0.929. The van der Waals surface area contributed by atoms with Crippen molar-refractivity contribution < 1.29 is 19.4 Å². The van der Waals surface area contributed by atoms with Crippen LogP contribution < -0.4 is 4.74 Å². The molecule has 0 saturated carbocycles. The molecular formula is C14H16ClNO4. The molecule has 20 heavy (non-hydrogen) atoms. The fraction of sp³-hybridized carbons (Fsp3) is 0.429. The number of amides is 1. The van der Waals surface area contributed by atoms with Gasteiger partial charge < -0.3 is 14.7 Å². The maximum Gasteiger partial charge on any atom is 0.326 e. The van der Waals surface area contributed by atoms with E-state index in [9.17, 15) is 14.7 Å². The standard InChI is InChI=1S/C14H16ClNO4/c1-8-5-6-16(12(8)14(18)19)13(17)10-4-3-9(15)7-11(10)20-2/h3-4,7-8,12H,5-6H2,1-2H3,(H,18,19). The van der Waals surface area contributed by atoms with Crippen LogP contribution in [0.3, 0.4) is 0 Å². The van der Waals surface area contributed by atoms with Gasteiger partial charge in [-0.2, -0.15) is 0 Å². The average Bonchev–Trinajstić information content (AvgIpc) is 2.79. The maximum absolute atomic E-state index is 12.5. The molecule has 1 N–H and O–H groups in total. The molecule has 1 aromatic carbocycles. The molecule has 6 heteroatoms. The molecule has 0 aromatic heterocycles. The third kappa shape index (κ3) is 2.58. The Morgan fingerprint density at radius 2 is 2.15 bits per heavy atom. The molecule has 0 spiro atoms. The molecule has 1 aliphatic heterocycles. The van der Waals surface area contributed by atoms with E-state index in [2.05, 4.69) is 0 Å². The maximum atomic E-state index is 12.5. The molecule has 1 amide bonds. The zero-order valence-corrected chi connectivity index (χ0v) is 12.1. The van der Waals surface area contributed by atoms with Crippen LogP contribution in [-0.2, 0) is 4.79 Å². The number of carbonyl (C=O) groups is 2. The number of nitrogens with zero attached hydrogens (tertiary/aromatic N) is 1. The third-order valence-electron chi connectivity index (χ3n) is 3.61. The number of halogens is 1. The molecule has 1 saturated heterocycles. The predicted molar refractivity (Wildman–Crippen MR) is 74.2 cm³/mol. The lowest BCUT2D eigenvalue weighted by Gasteiger charge is -2.24. The van der Waals surface area contributed by atoms with Crippen LogP contribution in [0.4, 0.5) is 0 Å². The second-order valence-corrected chi connectivity index (χ2v) is 5.33. The highest BCUT2D eigenvalue weighted by atomic mass is 35.5. The molecule has 1 fully saturated rings. The summed E-state index contributed by atoms with van der Waals surface area (Å²) in [7, 11) is 1.45. The number of methoxy groups -OCH3 is 1. The predicted octanol–water partition coefficient (Wildman–Crippen LogP) is 2.28. The molecular weight excluding hydrogens is 282 g/mol. The highest BCUT2D eigenvalue weighted by Gasteiger charge is 2.40. The van der Waals surface area contributed by atoms with E-state index in [0.717, 1.165) is 0 Å². The van der Waals surface area contributed by atoms with Crippen LogP contribution in [0, 0.1) is 5.92 Å². The van der Waals surface area contributed by atoms with Crippen molar-refractivity contribution in [3.63, 3.8) is 0 Å². The van der Waals surface area contributed by atoms with Crippen LogP contribution in [-0.4, -0.2) is 41.6 Å². The lowest BCUT2D eigenvalue weighted by atomic mass is 10.0. The number of aliphatic carboxylic acids is 1. The summed E-state index contributed by atoms with van der Waals surface area (Å²) in [6.07, 6.45) is 0.679. The Labute approximate surface area is 122 Å². The number of carbonyl (C=O) groups excluding carboxylic acids is 1. The van der Waals surface area contributed by atoms with Gasteiger partial charge in [-0.05, 0) is 30.5 Å². The number of carboxylic acids is 1. The van der Waals surface area contributed by atoms with Gasteiger partial charge in [-0.25, -0.2) is 4.79 Å². The molecule has 2 rings (SSSR count). The first-order valence-corrected chi connectivity index (χ1v) is 6.70. The van der Waals surface area contributed by atoms with Crippen molar-refractivity contribution in [2.24, 2.45) is 5.92 Å². The van der Waals surface area contributed by atoms with Crippen molar-refractivity contribution in [1.82, 2.24) is 4.90 Å². The van der Waals surface area contributed by atoms with Gasteiger partial charge in [-0.3, -0.25) is 4.79 Å². The van der Waals surface area contributed by atoms with Gasteiger partial charge in [0.2, 0.25) is 0 Å². The van der Waals surface area contributed by atoms with E-state index in [-0.39, 0.29) is 11.8 Å². The van der Waals surface area contributed by atoms with E-state index in [1.807, 2.05) is 6.92 Å². The van der Waals surface area contributed by atoms with E-state index in [1.165, 1.54) is 12.0 Å². The van der Waals surface area contributed by atoms with Crippen LogP contribution in [0.25, 0.3) is 0 Å². The summed E-state index contributed by atoms with van der Waals surface area (Å²) in [5.74, 6) is -1.02. The lowest BCUT2D eigenvalue weighted by Crippen LogP contribution is -2.42. The topological polar surface area (TPSA) is 66.8 Å². The Morgan fingerprint density at radius 1 is 1.45 bits per heavy atom. The Hall–Kier alpha value is -1.75. The summed E-state index contributed by atoms with van der Waals surface area (Å²) in [5.41, 5.74) is 0.331. The molecule has 1 aliphatic rings. The molecule has 108 valence electrons. The normalized spacial score (nSPS) is 21.9. The van der Waals surface area contributed by atoms with E-state index in [1.54, 1.807) is 18.2 Å². The fourth-order valence-electron chi connectivity index (χ4n) is 2.55. The van der Waals surface area contributed by atoms with Gasteiger partial charge in [-0.15, -0.1) is 0 Å². The molecule has 0 bridgehead atoms. The summed E-state index contributed by atoms with van der Waals surface area (Å²) >= 11 is 5.86. The molecule has 1 heterocycles. The number of carboxylic acid groups (broad SMARTS) is 1. The highest BCUT2D eigenvalue weighted by Crippen LogP contribution is 2.30. The summed E-state index contributed by atoms with van der Waals surface area (Å²) in [4.78, 5) is 25.2. The Balaban J connectivity index is 2.34. The minimum atomic E-state index is -0.976. The van der Waals surface area contributed by atoms with E-state index >= 15 is 0 Å². The highest BCUT2D eigenvalue weighted by molar-refractivity contribution is 6.30. The van der Waals surface area contributed by atoms with Crippen LogP contribution in [0.5, 0.6) is 5.75 Å². The van der Waals surface area contributed by atoms with Gasteiger partial charge in [-0.1, -0.05) is 18.5 Å². The summed E-state index contributed by atoms with van der Waals surface area (Å²) in [5, 5.41) is 9.74. The molecule has 0 radical (unpaired) electrons. The Morgan fingerprint density at radius 3 is 2.75 bits per heavy atom. The van der Waals surface area contributed by atoms with Crippen LogP contribution in [0.2, 0.25) is 5.02 Å². The van der Waals surface area contributed by atoms with Gasteiger partial charge in [0.1, 0.15) is 11.8 Å². The first-order chi connectivity index (χ1) is 9.45. The largest absolute Gasteiger partial charge is 0.496 e. The molecule has 2 unspecified atom stereocenters. The number of hydrogen-bond donors (Lipinski definition) is 1. The summed E-state index contributed by atoms with van der Waals surface area (Å²) in [6.45, 7) is 2.27. The first-order valence-electron chi connectivity index (χ1n) is 6.33. The van der Waals surface area contributed by atoms with Gasteiger partial charge in [0.25, 0.3) is 5.91 Å². The number of rotatable bonds is 3. The smallest absolute Gasteiger partial charge is 0.326 e. The zero-order chi connectivity index (χ0) is 14.9. The third-order valence-corrected chi connectivity index (χ3v) is 3.84. The average molecular weight is 298 g/mol. The lowest BCUT2D eigenvalue weighted by molar-refractivity contribution is -0.142. The number of ether oxygens (including phenoxy) is 1. The molecule has 2 atom stereocenters. The SMILES string of the molecule is COc1cc(Cl)ccc1C(=O)N1CCC(C)C1C(=O)O. The van der Waals surface area contributed by atoms with Crippen molar-refractivity contribution in [2.75, 3.05) is 13.7 Å².